The van der Waals surface area contributed by atoms with Crippen LogP contribution in [0.15, 0.2) is 24.3 Å². The fourth-order valence-electron chi connectivity index (χ4n) is 1.67. The van der Waals surface area contributed by atoms with Gasteiger partial charge in [-0.25, -0.2) is 0 Å². The van der Waals surface area contributed by atoms with Crippen molar-refractivity contribution in [2.24, 2.45) is 5.92 Å². The van der Waals surface area contributed by atoms with E-state index >= 15 is 0 Å². The number of hydrogen-bond acceptors (Lipinski definition) is 2. The van der Waals surface area contributed by atoms with Crippen LogP contribution < -0.4 is 5.32 Å². The Bertz CT molecular complexity index is 321. The van der Waals surface area contributed by atoms with Gasteiger partial charge in [-0.2, -0.15) is 0 Å². The van der Waals surface area contributed by atoms with Crippen LogP contribution in [0.5, 0.6) is 0 Å². The average Bonchev–Trinajstić information content (AvgIpc) is 3.14. The second-order valence-corrected chi connectivity index (χ2v) is 5.11. The molecule has 2 rings (SSSR count). The van der Waals surface area contributed by atoms with E-state index in [0.717, 1.165) is 43.7 Å². The summed E-state index contributed by atoms with van der Waals surface area (Å²) in [6.07, 6.45) is 3.82. The number of benzene rings is 1. The van der Waals surface area contributed by atoms with Crippen molar-refractivity contribution in [2.45, 2.75) is 25.8 Å². The van der Waals surface area contributed by atoms with Gasteiger partial charge < -0.3 is 10.1 Å². The standard InChI is InChI=1S/C14H20ClNO/c15-14-6-4-12(5-7-14)10-16-8-1-9-17-11-13-2-3-13/h4-7,13,16H,1-3,8-11H2. The molecule has 0 aromatic heterocycles. The lowest BCUT2D eigenvalue weighted by molar-refractivity contribution is 0.122. The molecule has 94 valence electrons. The molecule has 0 heterocycles. The Morgan fingerprint density at radius 3 is 2.71 bits per heavy atom. The summed E-state index contributed by atoms with van der Waals surface area (Å²) in [5.74, 6) is 0.872. The zero-order chi connectivity index (χ0) is 11.9. The lowest BCUT2D eigenvalue weighted by atomic mass is 10.2. The zero-order valence-electron chi connectivity index (χ0n) is 10.1. The van der Waals surface area contributed by atoms with Gasteiger partial charge in [-0.1, -0.05) is 23.7 Å². The zero-order valence-corrected chi connectivity index (χ0v) is 10.9. The monoisotopic (exact) mass is 253 g/mol. The molecule has 1 aliphatic rings. The predicted octanol–water partition coefficient (Wildman–Crippen LogP) is 3.25. The van der Waals surface area contributed by atoms with Gasteiger partial charge in [-0.05, 0) is 49.4 Å². The van der Waals surface area contributed by atoms with Crippen molar-refractivity contribution in [1.29, 1.82) is 0 Å². The molecular weight excluding hydrogens is 234 g/mol. The van der Waals surface area contributed by atoms with Crippen LogP contribution in [0.3, 0.4) is 0 Å². The average molecular weight is 254 g/mol. The predicted molar refractivity (Wildman–Crippen MR) is 71.3 cm³/mol. The lowest BCUT2D eigenvalue weighted by Crippen LogP contribution is -2.16. The van der Waals surface area contributed by atoms with E-state index in [1.54, 1.807) is 0 Å². The molecule has 1 fully saturated rings. The Kier molecular flexibility index (Phi) is 5.30. The van der Waals surface area contributed by atoms with Crippen molar-refractivity contribution in [3.8, 4) is 0 Å². The Labute approximate surface area is 108 Å². The van der Waals surface area contributed by atoms with Crippen molar-refractivity contribution < 1.29 is 4.74 Å². The third-order valence-corrected chi connectivity index (χ3v) is 3.19. The highest BCUT2D eigenvalue weighted by molar-refractivity contribution is 6.30. The molecule has 0 aliphatic heterocycles. The number of halogens is 1. The van der Waals surface area contributed by atoms with Crippen molar-refractivity contribution in [1.82, 2.24) is 5.32 Å². The molecule has 0 spiro atoms. The maximum atomic E-state index is 5.82. The van der Waals surface area contributed by atoms with Crippen molar-refractivity contribution in [2.75, 3.05) is 19.8 Å². The maximum absolute atomic E-state index is 5.82. The van der Waals surface area contributed by atoms with Crippen LogP contribution in [0.1, 0.15) is 24.8 Å². The first-order valence-corrected chi connectivity index (χ1v) is 6.75. The third-order valence-electron chi connectivity index (χ3n) is 2.94. The first kappa shape index (κ1) is 12.9. The van der Waals surface area contributed by atoms with E-state index in [9.17, 15) is 0 Å². The van der Waals surface area contributed by atoms with Crippen LogP contribution in [0, 0.1) is 5.92 Å². The van der Waals surface area contributed by atoms with Crippen molar-refractivity contribution >= 4 is 11.6 Å². The first-order valence-electron chi connectivity index (χ1n) is 6.37. The molecule has 1 aromatic rings. The largest absolute Gasteiger partial charge is 0.381 e. The summed E-state index contributed by atoms with van der Waals surface area (Å²) in [6.45, 7) is 3.76. The molecule has 3 heteroatoms. The molecular formula is C14H20ClNO. The highest BCUT2D eigenvalue weighted by Crippen LogP contribution is 2.28. The third kappa shape index (κ3) is 5.53. The van der Waals surface area contributed by atoms with E-state index in [2.05, 4.69) is 17.4 Å². The topological polar surface area (TPSA) is 21.3 Å². The van der Waals surface area contributed by atoms with Gasteiger partial charge in [0.05, 0.1) is 0 Å². The van der Waals surface area contributed by atoms with Gasteiger partial charge in [0.25, 0.3) is 0 Å². The summed E-state index contributed by atoms with van der Waals surface area (Å²) in [7, 11) is 0. The minimum atomic E-state index is 0.794. The van der Waals surface area contributed by atoms with Gasteiger partial charge in [0.1, 0.15) is 0 Å². The van der Waals surface area contributed by atoms with E-state index in [1.165, 1.54) is 18.4 Å². The number of rotatable bonds is 8. The highest BCUT2D eigenvalue weighted by atomic mass is 35.5. The molecule has 0 amide bonds. The van der Waals surface area contributed by atoms with Crippen LogP contribution in [0.25, 0.3) is 0 Å². The molecule has 1 N–H and O–H groups in total. The summed E-state index contributed by atoms with van der Waals surface area (Å²) in [5.41, 5.74) is 1.27. The van der Waals surface area contributed by atoms with E-state index in [-0.39, 0.29) is 0 Å². The van der Waals surface area contributed by atoms with Crippen LogP contribution >= 0.6 is 11.6 Å². The molecule has 0 atom stereocenters. The number of ether oxygens (including phenoxy) is 1. The first-order chi connectivity index (χ1) is 8.34. The number of nitrogens with one attached hydrogen (secondary N) is 1. The summed E-state index contributed by atoms with van der Waals surface area (Å²) in [5, 5.41) is 4.20. The highest BCUT2D eigenvalue weighted by Gasteiger charge is 2.20. The van der Waals surface area contributed by atoms with Gasteiger partial charge in [0.15, 0.2) is 0 Å². The van der Waals surface area contributed by atoms with Gasteiger partial charge >= 0.3 is 0 Å². The summed E-state index contributed by atoms with van der Waals surface area (Å²) >= 11 is 5.82. The Balaban J connectivity index is 1.46. The molecule has 1 aromatic carbocycles. The summed E-state index contributed by atoms with van der Waals surface area (Å²) in [4.78, 5) is 0. The lowest BCUT2D eigenvalue weighted by Gasteiger charge is -2.06. The Morgan fingerprint density at radius 1 is 1.24 bits per heavy atom. The summed E-state index contributed by atoms with van der Waals surface area (Å²) < 4.78 is 5.57. The molecule has 1 saturated carbocycles. The van der Waals surface area contributed by atoms with Crippen LogP contribution in [-0.2, 0) is 11.3 Å². The van der Waals surface area contributed by atoms with Crippen molar-refractivity contribution in [3.63, 3.8) is 0 Å². The van der Waals surface area contributed by atoms with E-state index < -0.39 is 0 Å². The molecule has 2 nitrogen and oxygen atoms in total. The van der Waals surface area contributed by atoms with Gasteiger partial charge in [-0.15, -0.1) is 0 Å². The van der Waals surface area contributed by atoms with E-state index in [1.807, 2.05) is 12.1 Å². The SMILES string of the molecule is Clc1ccc(CNCCCOCC2CC2)cc1. The minimum Gasteiger partial charge on any atom is -0.381 e. The molecule has 0 saturated heterocycles. The Morgan fingerprint density at radius 2 is 2.00 bits per heavy atom. The normalized spacial score (nSPS) is 15.1. The van der Waals surface area contributed by atoms with Gasteiger partial charge in [-0.3, -0.25) is 0 Å². The van der Waals surface area contributed by atoms with Crippen molar-refractivity contribution in [3.05, 3.63) is 34.9 Å². The second-order valence-electron chi connectivity index (χ2n) is 4.68. The fourth-order valence-corrected chi connectivity index (χ4v) is 1.79. The van der Waals surface area contributed by atoms with Crippen LogP contribution in [0.2, 0.25) is 5.02 Å². The van der Waals surface area contributed by atoms with E-state index in [0.29, 0.717) is 0 Å². The van der Waals surface area contributed by atoms with Crippen LogP contribution in [-0.4, -0.2) is 19.8 Å². The maximum Gasteiger partial charge on any atom is 0.0494 e. The minimum absolute atomic E-state index is 0.794. The molecule has 17 heavy (non-hydrogen) atoms. The molecule has 1 aliphatic carbocycles. The smallest absolute Gasteiger partial charge is 0.0494 e. The molecule has 0 unspecified atom stereocenters. The van der Waals surface area contributed by atoms with Gasteiger partial charge in [0, 0.05) is 24.8 Å². The summed E-state index contributed by atoms with van der Waals surface area (Å²) in [6, 6.07) is 7.96. The molecule has 0 radical (unpaired) electrons. The van der Waals surface area contributed by atoms with E-state index in [4.69, 9.17) is 16.3 Å². The second kappa shape index (κ2) is 7.00. The quantitative estimate of drug-likeness (QED) is 0.718. The fraction of sp³-hybridized carbons (Fsp3) is 0.571. The van der Waals surface area contributed by atoms with Crippen LogP contribution in [0.4, 0.5) is 0 Å². The molecule has 0 bridgehead atoms. The Hall–Kier alpha value is -0.570. The number of hydrogen-bond donors (Lipinski definition) is 1. The van der Waals surface area contributed by atoms with Gasteiger partial charge in [0.2, 0.25) is 0 Å².